The molecule has 1 fully saturated rings. The largest absolute Gasteiger partial charge is 0.427 e. The topological polar surface area (TPSA) is 84.0 Å². The number of benzene rings is 3. The van der Waals surface area contributed by atoms with Crippen molar-refractivity contribution in [2.45, 2.75) is 32.9 Å². The van der Waals surface area contributed by atoms with E-state index in [1.54, 1.807) is 30.3 Å². The molecular formula is C27H23FN2O5. The van der Waals surface area contributed by atoms with Gasteiger partial charge in [-0.2, -0.15) is 0 Å². The second kappa shape index (κ2) is 9.89. The summed E-state index contributed by atoms with van der Waals surface area (Å²) in [6, 6.07) is 17.6. The van der Waals surface area contributed by atoms with E-state index in [0.29, 0.717) is 16.8 Å². The number of imide groups is 1. The van der Waals surface area contributed by atoms with Crippen molar-refractivity contribution in [3.8, 4) is 5.75 Å². The summed E-state index contributed by atoms with van der Waals surface area (Å²) < 4.78 is 18.4. The molecule has 0 aliphatic carbocycles. The van der Waals surface area contributed by atoms with Crippen LogP contribution in [-0.2, 0) is 20.9 Å². The van der Waals surface area contributed by atoms with E-state index in [9.17, 15) is 23.6 Å². The Morgan fingerprint density at radius 2 is 1.71 bits per heavy atom. The third kappa shape index (κ3) is 5.27. The van der Waals surface area contributed by atoms with Crippen LogP contribution in [0, 0.1) is 12.7 Å². The Hall–Kier alpha value is -4.33. The maximum atomic E-state index is 13.5. The first-order chi connectivity index (χ1) is 16.7. The predicted molar refractivity (Wildman–Crippen MR) is 126 cm³/mol. The normalized spacial score (nSPS) is 15.3. The van der Waals surface area contributed by atoms with Gasteiger partial charge < -0.3 is 9.64 Å². The molecule has 1 heterocycles. The minimum absolute atomic E-state index is 0.0238. The van der Waals surface area contributed by atoms with Gasteiger partial charge >= 0.3 is 5.97 Å². The van der Waals surface area contributed by atoms with E-state index in [2.05, 4.69) is 0 Å². The number of hydrogen-bond donors (Lipinski definition) is 0. The second-order valence-corrected chi connectivity index (χ2v) is 8.30. The molecule has 7 nitrogen and oxygen atoms in total. The van der Waals surface area contributed by atoms with E-state index >= 15 is 0 Å². The van der Waals surface area contributed by atoms with E-state index in [1.807, 2.05) is 13.0 Å². The van der Waals surface area contributed by atoms with E-state index in [1.165, 1.54) is 48.2 Å². The van der Waals surface area contributed by atoms with Gasteiger partial charge in [-0.1, -0.05) is 29.8 Å². The zero-order valence-corrected chi connectivity index (χ0v) is 19.2. The average Bonchev–Trinajstić information content (AvgIpc) is 3.12. The van der Waals surface area contributed by atoms with Crippen molar-refractivity contribution in [2.24, 2.45) is 0 Å². The van der Waals surface area contributed by atoms with Crippen molar-refractivity contribution in [1.29, 1.82) is 0 Å². The molecule has 178 valence electrons. The number of carbonyl (C=O) groups excluding carboxylic acids is 4. The number of anilines is 1. The van der Waals surface area contributed by atoms with Crippen LogP contribution in [0.2, 0.25) is 0 Å². The number of halogens is 1. The Morgan fingerprint density at radius 3 is 2.34 bits per heavy atom. The lowest BCUT2D eigenvalue weighted by Gasteiger charge is -2.28. The Kier molecular flexibility index (Phi) is 6.73. The van der Waals surface area contributed by atoms with Crippen molar-refractivity contribution < 1.29 is 28.3 Å². The van der Waals surface area contributed by atoms with Crippen LogP contribution in [0.25, 0.3) is 0 Å². The summed E-state index contributed by atoms with van der Waals surface area (Å²) in [5.74, 6) is -2.03. The Labute approximate surface area is 201 Å². The van der Waals surface area contributed by atoms with Crippen LogP contribution in [0.4, 0.5) is 10.1 Å². The van der Waals surface area contributed by atoms with Crippen molar-refractivity contribution in [2.75, 3.05) is 4.90 Å². The van der Waals surface area contributed by atoms with Crippen LogP contribution in [0.15, 0.2) is 72.8 Å². The summed E-state index contributed by atoms with van der Waals surface area (Å²) in [6.45, 7) is 3.15. The zero-order chi connectivity index (χ0) is 25.1. The van der Waals surface area contributed by atoms with Gasteiger partial charge in [-0.05, 0) is 61.0 Å². The molecule has 4 rings (SSSR count). The second-order valence-electron chi connectivity index (χ2n) is 8.30. The summed E-state index contributed by atoms with van der Waals surface area (Å²) >= 11 is 0. The molecule has 1 atom stereocenters. The van der Waals surface area contributed by atoms with Gasteiger partial charge in [-0.3, -0.25) is 19.2 Å². The monoisotopic (exact) mass is 474 g/mol. The van der Waals surface area contributed by atoms with Crippen LogP contribution < -0.4 is 9.64 Å². The fourth-order valence-electron chi connectivity index (χ4n) is 4.01. The minimum atomic E-state index is -1.03. The molecule has 1 aliphatic rings. The fourth-order valence-corrected chi connectivity index (χ4v) is 4.01. The number of rotatable bonds is 6. The first kappa shape index (κ1) is 23.8. The molecule has 0 N–H and O–H groups in total. The highest BCUT2D eigenvalue weighted by Crippen LogP contribution is 2.29. The molecule has 0 saturated carbocycles. The van der Waals surface area contributed by atoms with Gasteiger partial charge in [0.05, 0.1) is 12.1 Å². The van der Waals surface area contributed by atoms with E-state index < -0.39 is 35.5 Å². The summed E-state index contributed by atoms with van der Waals surface area (Å²) in [5.41, 5.74) is 2.19. The lowest BCUT2D eigenvalue weighted by atomic mass is 10.1. The highest BCUT2D eigenvalue weighted by Gasteiger charge is 2.44. The van der Waals surface area contributed by atoms with Gasteiger partial charge in [0, 0.05) is 19.0 Å². The van der Waals surface area contributed by atoms with Crippen LogP contribution >= 0.6 is 0 Å². The molecule has 3 aromatic carbocycles. The number of hydrogen-bond acceptors (Lipinski definition) is 5. The third-order valence-electron chi connectivity index (χ3n) is 5.65. The lowest BCUT2D eigenvalue weighted by molar-refractivity contribution is -0.132. The van der Waals surface area contributed by atoms with Gasteiger partial charge in [-0.15, -0.1) is 0 Å². The zero-order valence-electron chi connectivity index (χ0n) is 19.2. The molecule has 0 radical (unpaired) electrons. The highest BCUT2D eigenvalue weighted by atomic mass is 19.1. The molecule has 35 heavy (non-hydrogen) atoms. The van der Waals surface area contributed by atoms with Crippen LogP contribution in [0.1, 0.15) is 34.8 Å². The SMILES string of the molecule is CC(=O)Oc1ccc(N2C(=O)CC(N(Cc3ccc(F)cc3)C(=O)c3cccc(C)c3)C2=O)cc1. The molecular weight excluding hydrogens is 451 g/mol. The third-order valence-corrected chi connectivity index (χ3v) is 5.65. The summed E-state index contributed by atoms with van der Waals surface area (Å²) in [5, 5.41) is 0. The van der Waals surface area contributed by atoms with Crippen LogP contribution in [0.3, 0.4) is 0 Å². The van der Waals surface area contributed by atoms with E-state index in [4.69, 9.17) is 4.74 Å². The quantitative estimate of drug-likeness (QED) is 0.306. The number of aryl methyl sites for hydroxylation is 1. The molecule has 8 heteroatoms. The average molecular weight is 474 g/mol. The van der Waals surface area contributed by atoms with Gasteiger partial charge in [-0.25, -0.2) is 9.29 Å². The number of amides is 3. The number of ether oxygens (including phenoxy) is 1. The van der Waals surface area contributed by atoms with E-state index in [-0.39, 0.29) is 18.7 Å². The number of esters is 1. The summed E-state index contributed by atoms with van der Waals surface area (Å²) in [4.78, 5) is 53.4. The van der Waals surface area contributed by atoms with Crippen molar-refractivity contribution in [3.63, 3.8) is 0 Å². The molecule has 0 spiro atoms. The standard InChI is InChI=1S/C27H23FN2O5/c1-17-4-3-5-20(14-17)26(33)29(16-19-6-8-21(28)9-7-19)24-15-25(32)30(27(24)34)22-10-12-23(13-11-22)35-18(2)31/h3-14,24H,15-16H2,1-2H3. The summed E-state index contributed by atoms with van der Waals surface area (Å²) in [6.07, 6.45) is -0.191. The van der Waals surface area contributed by atoms with Crippen molar-refractivity contribution >= 4 is 29.4 Å². The smallest absolute Gasteiger partial charge is 0.308 e. The van der Waals surface area contributed by atoms with Gasteiger partial charge in [0.1, 0.15) is 17.6 Å². The Balaban J connectivity index is 1.65. The number of carbonyl (C=O) groups is 4. The number of nitrogens with zero attached hydrogens (tertiary/aromatic N) is 2. The fraction of sp³-hybridized carbons (Fsp3) is 0.185. The molecule has 0 aromatic heterocycles. The predicted octanol–water partition coefficient (Wildman–Crippen LogP) is 4.03. The van der Waals surface area contributed by atoms with Gasteiger partial charge in [0.15, 0.2) is 0 Å². The molecule has 0 bridgehead atoms. The van der Waals surface area contributed by atoms with Crippen molar-refractivity contribution in [3.05, 3.63) is 95.3 Å². The van der Waals surface area contributed by atoms with Crippen LogP contribution in [0.5, 0.6) is 5.75 Å². The minimum Gasteiger partial charge on any atom is -0.427 e. The molecule has 1 saturated heterocycles. The maximum absolute atomic E-state index is 13.5. The maximum Gasteiger partial charge on any atom is 0.308 e. The highest BCUT2D eigenvalue weighted by molar-refractivity contribution is 6.23. The lowest BCUT2D eigenvalue weighted by Crippen LogP contribution is -2.45. The summed E-state index contributed by atoms with van der Waals surface area (Å²) in [7, 11) is 0. The molecule has 3 aromatic rings. The molecule has 1 aliphatic heterocycles. The molecule has 1 unspecified atom stereocenters. The first-order valence-electron chi connectivity index (χ1n) is 11.0. The van der Waals surface area contributed by atoms with Crippen molar-refractivity contribution in [1.82, 2.24) is 4.90 Å². The van der Waals surface area contributed by atoms with Gasteiger partial charge in [0.2, 0.25) is 5.91 Å². The van der Waals surface area contributed by atoms with E-state index in [0.717, 1.165) is 10.5 Å². The van der Waals surface area contributed by atoms with Gasteiger partial charge in [0.25, 0.3) is 11.8 Å². The first-order valence-corrected chi connectivity index (χ1v) is 11.0. The Morgan fingerprint density at radius 1 is 1.03 bits per heavy atom. The Bertz CT molecular complexity index is 1290. The van der Waals surface area contributed by atoms with Crippen LogP contribution in [-0.4, -0.2) is 34.6 Å². The molecule has 3 amide bonds.